The molecule has 1 amide bonds. The van der Waals surface area contributed by atoms with Crippen molar-refractivity contribution in [3.8, 4) is 0 Å². The molecule has 19 heavy (non-hydrogen) atoms. The van der Waals surface area contributed by atoms with Crippen molar-refractivity contribution < 1.29 is 9.90 Å². The molecule has 1 aromatic rings. The van der Waals surface area contributed by atoms with E-state index in [4.69, 9.17) is 17.3 Å². The van der Waals surface area contributed by atoms with Crippen LogP contribution in [0.5, 0.6) is 0 Å². The minimum absolute atomic E-state index is 0.0466. The molecule has 0 aliphatic heterocycles. The molecule has 0 aliphatic rings. The monoisotopic (exact) mass is 284 g/mol. The summed E-state index contributed by atoms with van der Waals surface area (Å²) in [4.78, 5) is 12.1. The second-order valence-corrected chi connectivity index (χ2v) is 5.19. The van der Waals surface area contributed by atoms with Gasteiger partial charge in [-0.05, 0) is 31.0 Å². The molecule has 1 rings (SSSR count). The molecule has 0 saturated heterocycles. The first kappa shape index (κ1) is 15.8. The molecule has 0 bridgehead atoms. The third kappa shape index (κ3) is 3.85. The molecular weight excluding hydrogens is 264 g/mol. The van der Waals surface area contributed by atoms with Crippen LogP contribution < -0.4 is 11.1 Å². The number of carbonyl (C=O) groups is 1. The first-order valence-electron chi connectivity index (χ1n) is 6.42. The summed E-state index contributed by atoms with van der Waals surface area (Å²) in [6.07, 6.45) is 1.59. The molecule has 0 spiro atoms. The van der Waals surface area contributed by atoms with E-state index < -0.39 is 0 Å². The second kappa shape index (κ2) is 6.78. The van der Waals surface area contributed by atoms with Crippen molar-refractivity contribution in [1.82, 2.24) is 5.32 Å². The maximum atomic E-state index is 12.1. The Morgan fingerprint density at radius 1 is 1.42 bits per heavy atom. The fraction of sp³-hybridized carbons (Fsp3) is 0.500. The summed E-state index contributed by atoms with van der Waals surface area (Å²) in [5, 5.41) is 12.7. The molecule has 0 atom stereocenters. The average Bonchev–Trinajstić information content (AvgIpc) is 2.43. The van der Waals surface area contributed by atoms with Gasteiger partial charge in [-0.25, -0.2) is 0 Å². The van der Waals surface area contributed by atoms with Gasteiger partial charge in [0.1, 0.15) is 0 Å². The zero-order chi connectivity index (χ0) is 14.5. The third-order valence-electron chi connectivity index (χ3n) is 3.69. The van der Waals surface area contributed by atoms with Crippen molar-refractivity contribution in [3.05, 3.63) is 28.8 Å². The van der Waals surface area contributed by atoms with Gasteiger partial charge in [0.25, 0.3) is 5.91 Å². The van der Waals surface area contributed by atoms with E-state index in [1.165, 1.54) is 0 Å². The van der Waals surface area contributed by atoms with Crippen LogP contribution in [0.3, 0.4) is 0 Å². The van der Waals surface area contributed by atoms with E-state index in [2.05, 4.69) is 5.32 Å². The summed E-state index contributed by atoms with van der Waals surface area (Å²) < 4.78 is 0. The minimum atomic E-state index is -0.275. The van der Waals surface area contributed by atoms with Crippen molar-refractivity contribution >= 4 is 23.2 Å². The highest BCUT2D eigenvalue weighted by Gasteiger charge is 2.26. The molecule has 106 valence electrons. The van der Waals surface area contributed by atoms with Crippen molar-refractivity contribution in [3.63, 3.8) is 0 Å². The lowest BCUT2D eigenvalue weighted by Crippen LogP contribution is -2.39. The first-order valence-corrected chi connectivity index (χ1v) is 6.80. The minimum Gasteiger partial charge on any atom is -0.399 e. The van der Waals surface area contributed by atoms with Gasteiger partial charge in [0.15, 0.2) is 0 Å². The zero-order valence-electron chi connectivity index (χ0n) is 11.4. The van der Waals surface area contributed by atoms with Crippen LogP contribution >= 0.6 is 11.6 Å². The van der Waals surface area contributed by atoms with Gasteiger partial charge >= 0.3 is 0 Å². The molecular formula is C14H21ClN2O2. The van der Waals surface area contributed by atoms with E-state index in [0.717, 1.165) is 12.8 Å². The molecule has 0 heterocycles. The highest BCUT2D eigenvalue weighted by molar-refractivity contribution is 6.34. The number of aliphatic hydroxyl groups excluding tert-OH is 1. The molecule has 0 fully saturated rings. The van der Waals surface area contributed by atoms with Gasteiger partial charge in [0, 0.05) is 17.6 Å². The lowest BCUT2D eigenvalue weighted by Gasteiger charge is -2.29. The van der Waals surface area contributed by atoms with Gasteiger partial charge in [-0.3, -0.25) is 4.79 Å². The largest absolute Gasteiger partial charge is 0.399 e. The number of aliphatic hydroxyl groups is 1. The Balaban J connectivity index is 2.77. The Bertz CT molecular complexity index is 437. The lowest BCUT2D eigenvalue weighted by molar-refractivity contribution is 0.0851. The summed E-state index contributed by atoms with van der Waals surface area (Å²) in [7, 11) is 0. The fourth-order valence-corrected chi connectivity index (χ4v) is 2.06. The van der Waals surface area contributed by atoms with Gasteiger partial charge < -0.3 is 16.2 Å². The van der Waals surface area contributed by atoms with Crippen LogP contribution in [-0.4, -0.2) is 24.2 Å². The highest BCUT2D eigenvalue weighted by Crippen LogP contribution is 2.25. The van der Waals surface area contributed by atoms with Gasteiger partial charge in [0.05, 0.1) is 17.2 Å². The van der Waals surface area contributed by atoms with E-state index in [1.807, 2.05) is 13.8 Å². The molecule has 0 aromatic heterocycles. The Morgan fingerprint density at radius 2 is 2.05 bits per heavy atom. The molecule has 1 aromatic carbocycles. The maximum absolute atomic E-state index is 12.1. The van der Waals surface area contributed by atoms with Gasteiger partial charge in [0.2, 0.25) is 0 Å². The first-order chi connectivity index (χ1) is 8.98. The number of carbonyl (C=O) groups excluding carboxylic acids is 1. The summed E-state index contributed by atoms with van der Waals surface area (Å²) in [5.41, 5.74) is 6.23. The lowest BCUT2D eigenvalue weighted by atomic mass is 9.83. The van der Waals surface area contributed by atoms with Gasteiger partial charge in [-0.15, -0.1) is 0 Å². The number of rotatable bonds is 6. The molecule has 4 N–H and O–H groups in total. The number of halogens is 1. The fourth-order valence-electron chi connectivity index (χ4n) is 1.86. The van der Waals surface area contributed by atoms with Crippen LogP contribution in [0.2, 0.25) is 5.02 Å². The molecule has 5 heteroatoms. The maximum Gasteiger partial charge on any atom is 0.252 e. The second-order valence-electron chi connectivity index (χ2n) is 4.79. The van der Waals surface area contributed by atoms with Crippen LogP contribution in [0.1, 0.15) is 37.0 Å². The number of hydrogen-bond acceptors (Lipinski definition) is 3. The van der Waals surface area contributed by atoms with Crippen LogP contribution in [0.25, 0.3) is 0 Å². The summed E-state index contributed by atoms with van der Waals surface area (Å²) >= 11 is 5.98. The number of amides is 1. The Labute approximate surface area is 118 Å². The van der Waals surface area contributed by atoms with Crippen molar-refractivity contribution in [1.29, 1.82) is 0 Å². The summed E-state index contributed by atoms with van der Waals surface area (Å²) in [6.45, 7) is 4.46. The van der Waals surface area contributed by atoms with Gasteiger partial charge in [-0.2, -0.15) is 0 Å². The van der Waals surface area contributed by atoms with E-state index in [-0.39, 0.29) is 17.9 Å². The van der Waals surface area contributed by atoms with E-state index in [1.54, 1.807) is 18.2 Å². The average molecular weight is 285 g/mol. The van der Waals surface area contributed by atoms with Crippen molar-refractivity contribution in [2.75, 3.05) is 18.9 Å². The van der Waals surface area contributed by atoms with Crippen LogP contribution in [-0.2, 0) is 0 Å². The van der Waals surface area contributed by atoms with Crippen LogP contribution in [0.4, 0.5) is 5.69 Å². The predicted molar refractivity (Wildman–Crippen MR) is 78.3 cm³/mol. The Kier molecular flexibility index (Phi) is 5.63. The standard InChI is InChI=1S/C14H21ClN2O2/c1-3-14(4-2,9-18)8-17-13(19)11-7-10(16)5-6-12(11)15/h5-7,18H,3-4,8-9,16H2,1-2H3,(H,17,19). The highest BCUT2D eigenvalue weighted by atomic mass is 35.5. The Morgan fingerprint density at radius 3 is 2.58 bits per heavy atom. The number of nitrogen functional groups attached to an aromatic ring is 1. The number of benzene rings is 1. The van der Waals surface area contributed by atoms with Crippen molar-refractivity contribution in [2.24, 2.45) is 5.41 Å². The molecule has 0 radical (unpaired) electrons. The topological polar surface area (TPSA) is 75.3 Å². The zero-order valence-corrected chi connectivity index (χ0v) is 12.1. The number of nitrogens with two attached hydrogens (primary N) is 1. The van der Waals surface area contributed by atoms with Crippen LogP contribution in [0, 0.1) is 5.41 Å². The van der Waals surface area contributed by atoms with E-state index >= 15 is 0 Å². The van der Waals surface area contributed by atoms with Crippen LogP contribution in [0.15, 0.2) is 18.2 Å². The normalized spacial score (nSPS) is 11.4. The molecule has 0 aliphatic carbocycles. The number of nitrogens with one attached hydrogen (secondary N) is 1. The number of anilines is 1. The summed E-state index contributed by atoms with van der Waals surface area (Å²) in [6, 6.07) is 4.80. The third-order valence-corrected chi connectivity index (χ3v) is 4.02. The van der Waals surface area contributed by atoms with Gasteiger partial charge in [-0.1, -0.05) is 25.4 Å². The smallest absolute Gasteiger partial charge is 0.252 e. The molecule has 0 unspecified atom stereocenters. The Hall–Kier alpha value is -1.26. The van der Waals surface area contributed by atoms with E-state index in [9.17, 15) is 9.90 Å². The van der Waals surface area contributed by atoms with Crippen molar-refractivity contribution in [2.45, 2.75) is 26.7 Å². The predicted octanol–water partition coefficient (Wildman–Crippen LogP) is 2.45. The number of hydrogen-bond donors (Lipinski definition) is 3. The molecule has 0 saturated carbocycles. The summed E-state index contributed by atoms with van der Waals surface area (Å²) in [5.74, 6) is -0.267. The van der Waals surface area contributed by atoms with E-state index in [0.29, 0.717) is 22.8 Å². The quantitative estimate of drug-likeness (QED) is 0.702. The molecule has 4 nitrogen and oxygen atoms in total. The SMILES string of the molecule is CCC(CC)(CO)CNC(=O)c1cc(N)ccc1Cl.